The van der Waals surface area contributed by atoms with Crippen LogP contribution in [-0.2, 0) is 0 Å². The molecule has 2 nitrogen and oxygen atoms in total. The van der Waals surface area contributed by atoms with Crippen molar-refractivity contribution in [2.45, 2.75) is 13.3 Å². The zero-order chi connectivity index (χ0) is 9.84. The molecule has 1 aromatic carbocycles. The van der Waals surface area contributed by atoms with Crippen LogP contribution >= 0.6 is 11.6 Å². The standard InChI is InChI=1S/C9H10ClFN2/c1-2-8(13-12)9-6(10)4-3-5-7(9)11/h3-5H,2,12H2,1H3/b13-8-. The summed E-state index contributed by atoms with van der Waals surface area (Å²) in [5.41, 5.74) is 0.775. The quantitative estimate of drug-likeness (QED) is 0.445. The zero-order valence-corrected chi connectivity index (χ0v) is 7.98. The third-order valence-electron chi connectivity index (χ3n) is 1.74. The van der Waals surface area contributed by atoms with Gasteiger partial charge in [-0.3, -0.25) is 0 Å². The van der Waals surface area contributed by atoms with Crippen LogP contribution < -0.4 is 5.84 Å². The second-order valence-electron chi connectivity index (χ2n) is 2.53. The van der Waals surface area contributed by atoms with E-state index >= 15 is 0 Å². The fourth-order valence-corrected chi connectivity index (χ4v) is 1.38. The van der Waals surface area contributed by atoms with Gasteiger partial charge in [0.1, 0.15) is 5.82 Å². The lowest BCUT2D eigenvalue weighted by atomic mass is 10.1. The first-order chi connectivity index (χ1) is 6.20. The van der Waals surface area contributed by atoms with Crippen LogP contribution in [0.1, 0.15) is 18.9 Å². The van der Waals surface area contributed by atoms with E-state index in [9.17, 15) is 4.39 Å². The highest BCUT2D eigenvalue weighted by Gasteiger charge is 2.11. The maximum absolute atomic E-state index is 13.3. The normalized spacial score (nSPS) is 11.8. The molecule has 0 heterocycles. The summed E-state index contributed by atoms with van der Waals surface area (Å²) in [7, 11) is 0. The van der Waals surface area contributed by atoms with Crippen molar-refractivity contribution >= 4 is 17.3 Å². The summed E-state index contributed by atoms with van der Waals surface area (Å²) in [5.74, 6) is 4.73. The Kier molecular flexibility index (Phi) is 3.25. The monoisotopic (exact) mass is 200 g/mol. The van der Waals surface area contributed by atoms with Gasteiger partial charge in [0.25, 0.3) is 0 Å². The van der Waals surface area contributed by atoms with Crippen LogP contribution in [0.15, 0.2) is 23.3 Å². The van der Waals surface area contributed by atoms with Gasteiger partial charge in [0.2, 0.25) is 0 Å². The Morgan fingerprint density at radius 1 is 1.62 bits per heavy atom. The molecule has 0 amide bonds. The smallest absolute Gasteiger partial charge is 0.133 e. The molecule has 0 aliphatic heterocycles. The summed E-state index contributed by atoms with van der Waals surface area (Å²) < 4.78 is 13.3. The Labute approximate surface area is 81.2 Å². The van der Waals surface area contributed by atoms with Gasteiger partial charge in [0, 0.05) is 0 Å². The number of rotatable bonds is 2. The Morgan fingerprint density at radius 2 is 2.31 bits per heavy atom. The molecule has 1 rings (SSSR count). The molecule has 0 spiro atoms. The number of nitrogens with two attached hydrogens (primary N) is 1. The summed E-state index contributed by atoms with van der Waals surface area (Å²) in [4.78, 5) is 0. The molecule has 0 atom stereocenters. The van der Waals surface area contributed by atoms with Crippen LogP contribution in [-0.4, -0.2) is 5.71 Å². The van der Waals surface area contributed by atoms with Crippen LogP contribution in [0.3, 0.4) is 0 Å². The van der Waals surface area contributed by atoms with Gasteiger partial charge in [0.05, 0.1) is 16.3 Å². The number of hydrogen-bond donors (Lipinski definition) is 1. The molecule has 0 fully saturated rings. The fourth-order valence-electron chi connectivity index (χ4n) is 1.11. The molecule has 0 aliphatic rings. The minimum absolute atomic E-state index is 0.300. The molecular weight excluding hydrogens is 191 g/mol. The van der Waals surface area contributed by atoms with Gasteiger partial charge in [-0.25, -0.2) is 4.39 Å². The average Bonchev–Trinajstić information content (AvgIpc) is 2.11. The van der Waals surface area contributed by atoms with Gasteiger partial charge in [0.15, 0.2) is 0 Å². The van der Waals surface area contributed by atoms with Crippen LogP contribution in [0.2, 0.25) is 5.02 Å². The van der Waals surface area contributed by atoms with Gasteiger partial charge >= 0.3 is 0 Å². The summed E-state index contributed by atoms with van der Waals surface area (Å²) in [5, 5.41) is 3.83. The lowest BCUT2D eigenvalue weighted by molar-refractivity contribution is 0.624. The third-order valence-corrected chi connectivity index (χ3v) is 2.06. The average molecular weight is 201 g/mol. The predicted octanol–water partition coefficient (Wildman–Crippen LogP) is 2.55. The van der Waals surface area contributed by atoms with Crippen molar-refractivity contribution in [2.24, 2.45) is 10.9 Å². The van der Waals surface area contributed by atoms with E-state index < -0.39 is 5.82 Å². The van der Waals surface area contributed by atoms with Gasteiger partial charge < -0.3 is 5.84 Å². The van der Waals surface area contributed by atoms with Gasteiger partial charge in [-0.15, -0.1) is 0 Å². The van der Waals surface area contributed by atoms with Crippen molar-refractivity contribution in [1.29, 1.82) is 0 Å². The molecule has 0 aromatic heterocycles. The van der Waals surface area contributed by atoms with Crippen molar-refractivity contribution in [1.82, 2.24) is 0 Å². The third kappa shape index (κ3) is 1.98. The fraction of sp³-hybridized carbons (Fsp3) is 0.222. The van der Waals surface area contributed by atoms with Crippen LogP contribution in [0, 0.1) is 5.82 Å². The van der Waals surface area contributed by atoms with Crippen molar-refractivity contribution in [3.63, 3.8) is 0 Å². The minimum atomic E-state index is -0.390. The predicted molar refractivity (Wildman–Crippen MR) is 52.4 cm³/mol. The van der Waals surface area contributed by atoms with Gasteiger partial charge in [-0.05, 0) is 18.6 Å². The van der Waals surface area contributed by atoms with Crippen molar-refractivity contribution < 1.29 is 4.39 Å². The molecule has 0 saturated heterocycles. The summed E-state index contributed by atoms with van der Waals surface area (Å²) >= 11 is 5.81. The molecule has 0 bridgehead atoms. The Bertz CT molecular complexity index is 316. The van der Waals surface area contributed by atoms with Crippen molar-refractivity contribution in [3.05, 3.63) is 34.6 Å². The Morgan fingerprint density at radius 3 is 2.77 bits per heavy atom. The summed E-state index contributed by atoms with van der Waals surface area (Å²) in [6.45, 7) is 1.84. The van der Waals surface area contributed by atoms with Gasteiger partial charge in [-0.1, -0.05) is 24.6 Å². The highest BCUT2D eigenvalue weighted by atomic mass is 35.5. The molecule has 13 heavy (non-hydrogen) atoms. The van der Waals surface area contributed by atoms with Crippen LogP contribution in [0.4, 0.5) is 4.39 Å². The van der Waals surface area contributed by atoms with Gasteiger partial charge in [-0.2, -0.15) is 5.10 Å². The Hall–Kier alpha value is -1.09. The van der Waals surface area contributed by atoms with E-state index in [0.717, 1.165) is 0 Å². The molecule has 4 heteroatoms. The van der Waals surface area contributed by atoms with E-state index in [2.05, 4.69) is 5.10 Å². The molecule has 0 saturated carbocycles. The maximum Gasteiger partial charge on any atom is 0.133 e. The lowest BCUT2D eigenvalue weighted by Crippen LogP contribution is -2.06. The first kappa shape index (κ1) is 9.99. The molecule has 0 aliphatic carbocycles. The summed E-state index contributed by atoms with van der Waals surface area (Å²) in [6.07, 6.45) is 0.553. The number of halogens is 2. The van der Waals surface area contributed by atoms with E-state index in [-0.39, 0.29) is 0 Å². The SMILES string of the molecule is CC/C(=N/N)c1c(F)cccc1Cl. The number of hydrogen-bond acceptors (Lipinski definition) is 2. The Balaban J connectivity index is 3.27. The number of nitrogens with zero attached hydrogens (tertiary/aromatic N) is 1. The van der Waals surface area contributed by atoms with E-state index in [4.69, 9.17) is 17.4 Å². The first-order valence-corrected chi connectivity index (χ1v) is 4.29. The zero-order valence-electron chi connectivity index (χ0n) is 7.22. The molecular formula is C9H10ClFN2. The van der Waals surface area contributed by atoms with Crippen LogP contribution in [0.5, 0.6) is 0 Å². The van der Waals surface area contributed by atoms with Crippen molar-refractivity contribution in [3.8, 4) is 0 Å². The second-order valence-corrected chi connectivity index (χ2v) is 2.93. The summed E-state index contributed by atoms with van der Waals surface area (Å²) in [6, 6.07) is 4.49. The van der Waals surface area contributed by atoms with E-state index in [0.29, 0.717) is 22.7 Å². The number of benzene rings is 1. The van der Waals surface area contributed by atoms with Crippen molar-refractivity contribution in [2.75, 3.05) is 0 Å². The largest absolute Gasteiger partial charge is 0.323 e. The maximum atomic E-state index is 13.3. The minimum Gasteiger partial charge on any atom is -0.323 e. The molecule has 2 N–H and O–H groups in total. The molecule has 0 unspecified atom stereocenters. The lowest BCUT2D eigenvalue weighted by Gasteiger charge is -2.05. The van der Waals surface area contributed by atoms with Crippen LogP contribution in [0.25, 0.3) is 0 Å². The van der Waals surface area contributed by atoms with E-state index in [1.807, 2.05) is 6.92 Å². The first-order valence-electron chi connectivity index (χ1n) is 3.91. The molecule has 0 radical (unpaired) electrons. The van der Waals surface area contributed by atoms with E-state index in [1.54, 1.807) is 12.1 Å². The van der Waals surface area contributed by atoms with E-state index in [1.165, 1.54) is 6.07 Å². The highest BCUT2D eigenvalue weighted by Crippen LogP contribution is 2.20. The molecule has 70 valence electrons. The topological polar surface area (TPSA) is 38.4 Å². The number of hydrazone groups is 1. The second kappa shape index (κ2) is 4.23. The highest BCUT2D eigenvalue weighted by molar-refractivity contribution is 6.34. The molecule has 1 aromatic rings.